The molecular formula is C13H19F3N4OS. The van der Waals surface area contributed by atoms with E-state index in [1.54, 1.807) is 11.3 Å². The third-order valence-corrected chi connectivity index (χ3v) is 4.63. The van der Waals surface area contributed by atoms with Crippen LogP contribution in [0.25, 0.3) is 0 Å². The summed E-state index contributed by atoms with van der Waals surface area (Å²) in [5.41, 5.74) is 1.03. The molecule has 0 aliphatic carbocycles. The van der Waals surface area contributed by atoms with Crippen molar-refractivity contribution in [1.82, 2.24) is 14.8 Å². The van der Waals surface area contributed by atoms with Gasteiger partial charge in [-0.05, 0) is 0 Å². The highest BCUT2D eigenvalue weighted by Crippen LogP contribution is 2.29. The van der Waals surface area contributed by atoms with Gasteiger partial charge < -0.3 is 9.80 Å². The number of alkyl halides is 3. The molecule has 2 heterocycles. The minimum absolute atomic E-state index is 0.00121. The lowest BCUT2D eigenvalue weighted by atomic mass is 10.2. The molecule has 0 saturated heterocycles. The molecule has 0 atom stereocenters. The third-order valence-electron chi connectivity index (χ3n) is 3.38. The average Bonchev–Trinajstić information content (AvgIpc) is 2.79. The average molecular weight is 336 g/mol. The van der Waals surface area contributed by atoms with Crippen LogP contribution in [0.5, 0.6) is 0 Å². The van der Waals surface area contributed by atoms with Crippen molar-refractivity contribution in [3.63, 3.8) is 0 Å². The molecular weight excluding hydrogens is 317 g/mol. The van der Waals surface area contributed by atoms with Gasteiger partial charge in [-0.25, -0.2) is 4.98 Å². The van der Waals surface area contributed by atoms with Gasteiger partial charge in [0.2, 0.25) is 5.91 Å². The number of hydrogen-bond acceptors (Lipinski definition) is 5. The minimum atomic E-state index is -4.36. The van der Waals surface area contributed by atoms with Gasteiger partial charge in [0.05, 0.1) is 12.2 Å². The van der Waals surface area contributed by atoms with Crippen LogP contribution in [-0.2, 0) is 17.8 Å². The summed E-state index contributed by atoms with van der Waals surface area (Å²) in [6, 6.07) is 0. The number of halogens is 3. The number of amides is 1. The van der Waals surface area contributed by atoms with Gasteiger partial charge in [-0.2, -0.15) is 13.2 Å². The van der Waals surface area contributed by atoms with Crippen LogP contribution in [0.3, 0.4) is 0 Å². The van der Waals surface area contributed by atoms with Gasteiger partial charge in [0.25, 0.3) is 0 Å². The van der Waals surface area contributed by atoms with Gasteiger partial charge in [-0.15, -0.1) is 11.3 Å². The molecule has 5 nitrogen and oxygen atoms in total. The number of rotatable bonds is 4. The van der Waals surface area contributed by atoms with Crippen LogP contribution < -0.4 is 4.90 Å². The number of anilines is 1. The van der Waals surface area contributed by atoms with Crippen molar-refractivity contribution in [3.8, 4) is 0 Å². The van der Waals surface area contributed by atoms with Crippen LogP contribution in [0, 0.1) is 0 Å². The van der Waals surface area contributed by atoms with Crippen LogP contribution in [-0.4, -0.2) is 67.6 Å². The Labute approximate surface area is 131 Å². The molecule has 0 N–H and O–H groups in total. The van der Waals surface area contributed by atoms with Gasteiger partial charge in [0, 0.05) is 45.5 Å². The number of thiazole rings is 1. The summed E-state index contributed by atoms with van der Waals surface area (Å²) in [7, 11) is 5.01. The topological polar surface area (TPSA) is 39.7 Å². The van der Waals surface area contributed by atoms with E-state index in [0.717, 1.165) is 27.0 Å². The van der Waals surface area contributed by atoms with E-state index in [1.807, 2.05) is 23.9 Å². The zero-order chi connectivity index (χ0) is 16.5. The van der Waals surface area contributed by atoms with Crippen LogP contribution in [0.4, 0.5) is 18.3 Å². The molecule has 0 bridgehead atoms. The van der Waals surface area contributed by atoms with Gasteiger partial charge >= 0.3 is 6.18 Å². The van der Waals surface area contributed by atoms with E-state index >= 15 is 0 Å². The second-order valence-corrected chi connectivity index (χ2v) is 6.65. The molecule has 2 rings (SSSR count). The molecule has 0 aromatic carbocycles. The lowest BCUT2D eigenvalue weighted by molar-refractivity contribution is -0.159. The third kappa shape index (κ3) is 4.33. The lowest BCUT2D eigenvalue weighted by Gasteiger charge is -2.27. The maximum Gasteiger partial charge on any atom is 0.406 e. The first-order valence-corrected chi connectivity index (χ1v) is 7.66. The molecule has 0 fully saturated rings. The summed E-state index contributed by atoms with van der Waals surface area (Å²) in [6.45, 7) is -0.0148. The predicted molar refractivity (Wildman–Crippen MR) is 79.1 cm³/mol. The largest absolute Gasteiger partial charge is 0.406 e. The van der Waals surface area contributed by atoms with Crippen molar-refractivity contribution >= 4 is 22.4 Å². The number of carbonyl (C=O) groups is 1. The molecule has 124 valence electrons. The Kier molecular flexibility index (Phi) is 4.96. The quantitative estimate of drug-likeness (QED) is 0.837. The van der Waals surface area contributed by atoms with Crippen molar-refractivity contribution in [1.29, 1.82) is 0 Å². The van der Waals surface area contributed by atoms with Gasteiger partial charge in [-0.1, -0.05) is 0 Å². The van der Waals surface area contributed by atoms with E-state index in [-0.39, 0.29) is 6.54 Å². The van der Waals surface area contributed by atoms with E-state index in [4.69, 9.17) is 0 Å². The molecule has 0 spiro atoms. The van der Waals surface area contributed by atoms with Crippen LogP contribution in [0.2, 0.25) is 0 Å². The van der Waals surface area contributed by atoms with Gasteiger partial charge in [0.15, 0.2) is 5.13 Å². The van der Waals surface area contributed by atoms with E-state index in [1.165, 1.54) is 7.05 Å². The number of carbonyl (C=O) groups excluding carboxylic acids is 1. The summed E-state index contributed by atoms with van der Waals surface area (Å²) in [6.07, 6.45) is -3.65. The monoisotopic (exact) mass is 336 g/mol. The summed E-state index contributed by atoms with van der Waals surface area (Å²) in [5.74, 6) is -0.516. The number of likely N-dealkylation sites (N-methyl/N-ethyl adjacent to an activating group) is 1. The summed E-state index contributed by atoms with van der Waals surface area (Å²) >= 11 is 1.56. The number of nitrogens with zero attached hydrogens (tertiary/aromatic N) is 4. The Balaban J connectivity index is 1.94. The zero-order valence-corrected chi connectivity index (χ0v) is 13.6. The Hall–Kier alpha value is -1.35. The van der Waals surface area contributed by atoms with E-state index in [0.29, 0.717) is 13.1 Å². The van der Waals surface area contributed by atoms with Crippen molar-refractivity contribution in [2.45, 2.75) is 19.1 Å². The molecule has 1 aromatic rings. The van der Waals surface area contributed by atoms with Gasteiger partial charge in [0.1, 0.15) is 6.54 Å². The van der Waals surface area contributed by atoms with Crippen molar-refractivity contribution in [2.24, 2.45) is 0 Å². The minimum Gasteiger partial charge on any atom is -0.354 e. The van der Waals surface area contributed by atoms with Crippen LogP contribution >= 0.6 is 11.3 Å². The molecule has 0 saturated carbocycles. The highest BCUT2D eigenvalue weighted by Gasteiger charge is 2.32. The predicted octanol–water partition coefficient (Wildman–Crippen LogP) is 1.59. The fraction of sp³-hybridized carbons (Fsp3) is 0.692. The van der Waals surface area contributed by atoms with Gasteiger partial charge in [-0.3, -0.25) is 9.69 Å². The fourth-order valence-corrected chi connectivity index (χ4v) is 3.30. The lowest BCUT2D eigenvalue weighted by Crippen LogP contribution is -2.43. The number of hydrogen-bond donors (Lipinski definition) is 0. The standard InChI is InChI=1S/C13H19F3N4OS/c1-18(2)12-17-9-4-5-20(6-10(9)22-12)7-11(21)19(3)8-13(14,15)16/h4-8H2,1-3H3. The maximum atomic E-state index is 12.3. The van der Waals surface area contributed by atoms with Crippen LogP contribution in [0.15, 0.2) is 0 Å². The first kappa shape index (κ1) is 17.0. The van der Waals surface area contributed by atoms with Crippen molar-refractivity contribution in [3.05, 3.63) is 10.6 Å². The van der Waals surface area contributed by atoms with E-state index in [9.17, 15) is 18.0 Å². The Morgan fingerprint density at radius 3 is 2.64 bits per heavy atom. The summed E-state index contributed by atoms with van der Waals surface area (Å²) in [4.78, 5) is 22.0. The van der Waals surface area contributed by atoms with E-state index < -0.39 is 18.6 Å². The van der Waals surface area contributed by atoms with Crippen LogP contribution in [0.1, 0.15) is 10.6 Å². The normalized spacial score (nSPS) is 15.5. The second-order valence-electron chi connectivity index (χ2n) is 5.59. The van der Waals surface area contributed by atoms with Crippen molar-refractivity contribution in [2.75, 3.05) is 45.7 Å². The highest BCUT2D eigenvalue weighted by atomic mass is 32.1. The zero-order valence-electron chi connectivity index (χ0n) is 12.8. The first-order valence-electron chi connectivity index (χ1n) is 6.84. The molecule has 9 heteroatoms. The summed E-state index contributed by atoms with van der Waals surface area (Å²) < 4.78 is 36.9. The molecule has 22 heavy (non-hydrogen) atoms. The fourth-order valence-electron chi connectivity index (χ4n) is 2.23. The number of aromatic nitrogens is 1. The maximum absolute atomic E-state index is 12.3. The molecule has 0 radical (unpaired) electrons. The molecule has 1 amide bonds. The van der Waals surface area contributed by atoms with Crippen molar-refractivity contribution < 1.29 is 18.0 Å². The Morgan fingerprint density at radius 1 is 1.36 bits per heavy atom. The Morgan fingerprint density at radius 2 is 2.05 bits per heavy atom. The molecule has 1 aromatic heterocycles. The smallest absolute Gasteiger partial charge is 0.354 e. The molecule has 1 aliphatic heterocycles. The Bertz CT molecular complexity index is 544. The molecule has 0 unspecified atom stereocenters. The molecule has 1 aliphatic rings. The summed E-state index contributed by atoms with van der Waals surface area (Å²) in [5, 5.41) is 0.910. The second kappa shape index (κ2) is 6.41. The number of fused-ring (bicyclic) bond motifs is 1. The first-order chi connectivity index (χ1) is 10.2. The van der Waals surface area contributed by atoms with E-state index in [2.05, 4.69) is 4.98 Å². The SMILES string of the molecule is CN(CC(F)(F)F)C(=O)CN1CCc2nc(N(C)C)sc2C1. The highest BCUT2D eigenvalue weighted by molar-refractivity contribution is 7.15.